The van der Waals surface area contributed by atoms with Crippen molar-refractivity contribution in [3.8, 4) is 0 Å². The van der Waals surface area contributed by atoms with Gasteiger partial charge in [0, 0.05) is 18.4 Å². The molecule has 0 aliphatic carbocycles. The Labute approximate surface area is 148 Å². The molecule has 0 heterocycles. The summed E-state index contributed by atoms with van der Waals surface area (Å²) in [6.07, 6.45) is 0.633. The van der Waals surface area contributed by atoms with Crippen molar-refractivity contribution in [1.82, 2.24) is 0 Å². The maximum absolute atomic E-state index is 13.4. The molecule has 0 aliphatic heterocycles. The standard InChI is InChI=1S/C14H11F3O4.U/c1-7(2)21-14(20)9(6-18)13(19)4-8-3-11(16)12(17)5-10(8)15;/h3,5,9H,4H2,1-2H3;/q-2;+2. The Kier molecular flexibility index (Phi) is 8.64. The van der Waals surface area contributed by atoms with E-state index in [9.17, 15) is 27.6 Å². The normalized spacial score (nSPS) is 11.5. The third-order valence-electron chi connectivity index (χ3n) is 2.43. The molecule has 1 unspecified atom stereocenters. The number of ketones is 1. The summed E-state index contributed by atoms with van der Waals surface area (Å²) < 4.78 is 43.7. The minimum atomic E-state index is -1.87. The number of carbonyl (C=O) groups is 2. The van der Waals surface area contributed by atoms with Crippen LogP contribution in [0.5, 0.6) is 0 Å². The summed E-state index contributed by atoms with van der Waals surface area (Å²) in [6, 6.07) is 0.771. The fourth-order valence-corrected chi connectivity index (χ4v) is 1.49. The number of Topliss-reactive ketones (excluding diaryl/α,β-unsaturated/α-hetero) is 1. The first-order valence-corrected chi connectivity index (χ1v) is 5.82. The molecule has 0 radical (unpaired) electrons. The third-order valence-corrected chi connectivity index (χ3v) is 2.43. The minimum absolute atomic E-state index is 0. The van der Waals surface area contributed by atoms with Crippen LogP contribution in [-0.2, 0) is 25.5 Å². The third kappa shape index (κ3) is 5.58. The van der Waals surface area contributed by atoms with Crippen LogP contribution in [0.3, 0.4) is 0 Å². The molecule has 8 heteroatoms. The van der Waals surface area contributed by atoms with Gasteiger partial charge in [-0.15, -0.1) is 6.10 Å². The van der Waals surface area contributed by atoms with Gasteiger partial charge in [0.2, 0.25) is 0 Å². The summed E-state index contributed by atoms with van der Waals surface area (Å²) in [6.45, 7) is 2.86. The SMILES string of the molecule is C[C-](C)OC(=O)C([C-]=O)C(=O)Cc1cc(F)c(F)cc1F.[U+2]. The summed E-state index contributed by atoms with van der Waals surface area (Å²) in [5.41, 5.74) is -0.468. The van der Waals surface area contributed by atoms with Crippen molar-refractivity contribution in [3.63, 3.8) is 0 Å². The monoisotopic (exact) mass is 538 g/mol. The van der Waals surface area contributed by atoms with E-state index >= 15 is 0 Å². The van der Waals surface area contributed by atoms with E-state index < -0.39 is 47.1 Å². The van der Waals surface area contributed by atoms with E-state index in [-0.39, 0.29) is 43.3 Å². The van der Waals surface area contributed by atoms with Crippen LogP contribution in [0.15, 0.2) is 12.1 Å². The van der Waals surface area contributed by atoms with E-state index in [1.54, 1.807) is 0 Å². The Balaban J connectivity index is 0.00000441. The molecule has 0 fully saturated rings. The molecular formula is C14H11F3O4U. The van der Waals surface area contributed by atoms with Gasteiger partial charge in [-0.05, 0) is 11.6 Å². The van der Waals surface area contributed by atoms with Crippen molar-refractivity contribution < 1.29 is 63.4 Å². The number of ether oxygens (including phenoxy) is 1. The van der Waals surface area contributed by atoms with Gasteiger partial charge in [-0.3, -0.25) is 4.79 Å². The molecule has 22 heavy (non-hydrogen) atoms. The summed E-state index contributed by atoms with van der Waals surface area (Å²) >= 11 is 0. The Hall–Kier alpha value is -1.13. The Bertz CT molecular complexity index is 575. The van der Waals surface area contributed by atoms with E-state index in [1.807, 2.05) is 0 Å². The molecule has 1 rings (SSSR count). The molecule has 4 nitrogen and oxygen atoms in total. The number of esters is 1. The molecule has 0 saturated carbocycles. The molecule has 0 spiro atoms. The van der Waals surface area contributed by atoms with E-state index in [0.717, 1.165) is 0 Å². The molecule has 0 aromatic heterocycles. The van der Waals surface area contributed by atoms with Gasteiger partial charge in [-0.2, -0.15) is 13.8 Å². The van der Waals surface area contributed by atoms with Crippen LogP contribution in [-0.4, -0.2) is 18.0 Å². The van der Waals surface area contributed by atoms with Crippen molar-refractivity contribution in [2.24, 2.45) is 5.92 Å². The van der Waals surface area contributed by atoms with Crippen molar-refractivity contribution in [2.75, 3.05) is 0 Å². The van der Waals surface area contributed by atoms with Crippen LogP contribution < -0.4 is 0 Å². The van der Waals surface area contributed by atoms with E-state index in [0.29, 0.717) is 6.07 Å². The zero-order valence-corrected chi connectivity index (χ0v) is 15.9. The van der Waals surface area contributed by atoms with Gasteiger partial charge in [0.15, 0.2) is 11.6 Å². The number of benzene rings is 1. The maximum Gasteiger partial charge on any atom is 2.00 e. The maximum atomic E-state index is 13.4. The number of carbonyl (C=O) groups excluding carboxylic acids is 3. The first-order valence-electron chi connectivity index (χ1n) is 5.82. The largest absolute Gasteiger partial charge is 2.00 e. The van der Waals surface area contributed by atoms with Gasteiger partial charge in [0.05, 0.1) is 0 Å². The fraction of sp³-hybridized carbons (Fsp3) is 0.286. The average molecular weight is 538 g/mol. The van der Waals surface area contributed by atoms with Crippen LogP contribution >= 0.6 is 0 Å². The number of hydrogen-bond acceptors (Lipinski definition) is 4. The quantitative estimate of drug-likeness (QED) is 0.241. The van der Waals surface area contributed by atoms with Gasteiger partial charge in [0.25, 0.3) is 5.97 Å². The van der Waals surface area contributed by atoms with Crippen molar-refractivity contribution in [3.05, 3.63) is 41.3 Å². The van der Waals surface area contributed by atoms with Gasteiger partial charge in [0.1, 0.15) is 11.6 Å². The molecule has 0 N–H and O–H groups in total. The number of rotatable bonds is 6. The van der Waals surface area contributed by atoms with Gasteiger partial charge in [-0.25, -0.2) is 19.5 Å². The molecule has 1 atom stereocenters. The smallest absolute Gasteiger partial charge is 0.636 e. The predicted octanol–water partition coefficient (Wildman–Crippen LogP) is 2.06. The van der Waals surface area contributed by atoms with Crippen LogP contribution in [0.4, 0.5) is 13.2 Å². The minimum Gasteiger partial charge on any atom is -0.636 e. The second kappa shape index (κ2) is 9.11. The second-order valence-electron chi connectivity index (χ2n) is 4.38. The summed E-state index contributed by atoms with van der Waals surface area (Å²) in [5, 5.41) is 0. The van der Waals surface area contributed by atoms with Crippen molar-refractivity contribution >= 4 is 18.0 Å². The average Bonchev–Trinajstić information content (AvgIpc) is 2.35. The van der Waals surface area contributed by atoms with Crippen molar-refractivity contribution in [2.45, 2.75) is 20.3 Å². The molecule has 1 aromatic rings. The molecule has 116 valence electrons. The van der Waals surface area contributed by atoms with Crippen molar-refractivity contribution in [1.29, 1.82) is 0 Å². The van der Waals surface area contributed by atoms with Gasteiger partial charge in [-0.1, -0.05) is 0 Å². The zero-order chi connectivity index (χ0) is 16.2. The van der Waals surface area contributed by atoms with Crippen LogP contribution in [0.2, 0.25) is 0 Å². The van der Waals surface area contributed by atoms with E-state index in [4.69, 9.17) is 0 Å². The Morgan fingerprint density at radius 3 is 2.23 bits per heavy atom. The second-order valence-corrected chi connectivity index (χ2v) is 4.38. The zero-order valence-electron chi connectivity index (χ0n) is 11.7. The molecule has 0 aliphatic rings. The number of hydrogen-bond donors (Lipinski definition) is 0. The van der Waals surface area contributed by atoms with Crippen LogP contribution in [0, 0.1) is 60.6 Å². The molecule has 0 saturated heterocycles. The molecule has 0 amide bonds. The van der Waals surface area contributed by atoms with Crippen LogP contribution in [0.1, 0.15) is 19.4 Å². The van der Waals surface area contributed by atoms with E-state index in [1.165, 1.54) is 20.1 Å². The molecular weight excluding hydrogens is 527 g/mol. The first kappa shape index (κ1) is 20.9. The molecule has 1 aromatic carbocycles. The number of halogens is 3. The van der Waals surface area contributed by atoms with Gasteiger partial charge >= 0.3 is 31.1 Å². The van der Waals surface area contributed by atoms with E-state index in [2.05, 4.69) is 4.74 Å². The fourth-order valence-electron chi connectivity index (χ4n) is 1.49. The van der Waals surface area contributed by atoms with Gasteiger partial charge < -0.3 is 14.3 Å². The summed E-state index contributed by atoms with van der Waals surface area (Å²) in [4.78, 5) is 33.9. The van der Waals surface area contributed by atoms with Crippen LogP contribution in [0.25, 0.3) is 0 Å². The summed E-state index contributed by atoms with van der Waals surface area (Å²) in [7, 11) is 0. The predicted molar refractivity (Wildman–Crippen MR) is 64.9 cm³/mol. The summed E-state index contributed by atoms with van der Waals surface area (Å²) in [5.74, 6) is -7.95. The topological polar surface area (TPSA) is 60.4 Å². The molecule has 0 bridgehead atoms. The Morgan fingerprint density at radius 1 is 1.18 bits per heavy atom. The Morgan fingerprint density at radius 2 is 1.73 bits per heavy atom. The first-order chi connectivity index (χ1) is 9.76.